The maximum Gasteiger partial charge on any atom is 0.271 e. The van der Waals surface area contributed by atoms with E-state index in [9.17, 15) is 4.79 Å². The van der Waals surface area contributed by atoms with Gasteiger partial charge in [-0.15, -0.1) is 0 Å². The number of nitrogens with one attached hydrogen (secondary N) is 1. The van der Waals surface area contributed by atoms with Crippen LogP contribution >= 0.6 is 11.6 Å². The molecule has 0 saturated carbocycles. The molecule has 20 heavy (non-hydrogen) atoms. The van der Waals surface area contributed by atoms with Gasteiger partial charge in [0.1, 0.15) is 10.8 Å². The molecule has 1 N–H and O–H groups in total. The summed E-state index contributed by atoms with van der Waals surface area (Å²) in [6, 6.07) is 1.40. The van der Waals surface area contributed by atoms with Crippen LogP contribution in [-0.2, 0) is 0 Å². The quantitative estimate of drug-likeness (QED) is 0.922. The number of nitrogens with zero attached hydrogens (tertiary/aromatic N) is 3. The standard InChI is InChI=1S/C14H19ClN4O/c1-19-10-2-3-11(19)5-9(4-10)6-18-14(20)12-7-17-13(15)8-16-12/h7-11H,2-6H2,1H3,(H,18,20). The maximum atomic E-state index is 12.0. The first-order valence-electron chi connectivity index (χ1n) is 7.11. The van der Waals surface area contributed by atoms with Gasteiger partial charge in [0, 0.05) is 18.6 Å². The van der Waals surface area contributed by atoms with Crippen molar-refractivity contribution in [2.24, 2.45) is 5.92 Å². The lowest BCUT2D eigenvalue weighted by Crippen LogP contribution is -2.43. The first-order valence-corrected chi connectivity index (χ1v) is 7.49. The highest BCUT2D eigenvalue weighted by molar-refractivity contribution is 6.29. The van der Waals surface area contributed by atoms with Crippen molar-refractivity contribution < 1.29 is 4.79 Å². The van der Waals surface area contributed by atoms with E-state index in [2.05, 4.69) is 27.2 Å². The summed E-state index contributed by atoms with van der Waals surface area (Å²) in [5.41, 5.74) is 0.324. The predicted octanol–water partition coefficient (Wildman–Crippen LogP) is 1.73. The zero-order valence-corrected chi connectivity index (χ0v) is 12.3. The Morgan fingerprint density at radius 3 is 2.65 bits per heavy atom. The summed E-state index contributed by atoms with van der Waals surface area (Å²) < 4.78 is 0. The van der Waals surface area contributed by atoms with Crippen LogP contribution in [-0.4, -0.2) is 46.5 Å². The van der Waals surface area contributed by atoms with Crippen LogP contribution in [0.2, 0.25) is 5.15 Å². The minimum Gasteiger partial charge on any atom is -0.350 e. The van der Waals surface area contributed by atoms with Gasteiger partial charge in [0.15, 0.2) is 0 Å². The van der Waals surface area contributed by atoms with Gasteiger partial charge >= 0.3 is 0 Å². The summed E-state index contributed by atoms with van der Waals surface area (Å²) in [6.45, 7) is 0.726. The van der Waals surface area contributed by atoms with Gasteiger partial charge in [0.2, 0.25) is 0 Å². The Hall–Kier alpha value is -1.20. The third-order valence-electron chi connectivity index (χ3n) is 4.60. The number of rotatable bonds is 3. The van der Waals surface area contributed by atoms with Crippen LogP contribution in [0.4, 0.5) is 0 Å². The minimum atomic E-state index is -0.166. The number of fused-ring (bicyclic) bond motifs is 2. The van der Waals surface area contributed by atoms with E-state index in [1.54, 1.807) is 0 Å². The third-order valence-corrected chi connectivity index (χ3v) is 4.80. The van der Waals surface area contributed by atoms with Gasteiger partial charge < -0.3 is 10.2 Å². The molecule has 108 valence electrons. The van der Waals surface area contributed by atoms with Gasteiger partial charge in [-0.1, -0.05) is 11.6 Å². The van der Waals surface area contributed by atoms with E-state index in [1.807, 2.05) is 0 Å². The Bertz CT molecular complexity index is 478. The summed E-state index contributed by atoms with van der Waals surface area (Å²) in [6.07, 6.45) is 7.77. The second kappa shape index (κ2) is 5.66. The number of hydrogen-bond donors (Lipinski definition) is 1. The van der Waals surface area contributed by atoms with Crippen LogP contribution in [0.1, 0.15) is 36.2 Å². The monoisotopic (exact) mass is 294 g/mol. The molecule has 5 nitrogen and oxygen atoms in total. The molecule has 1 aromatic heterocycles. The first-order chi connectivity index (χ1) is 9.63. The summed E-state index contributed by atoms with van der Waals surface area (Å²) in [5.74, 6) is 0.411. The number of amides is 1. The number of aromatic nitrogens is 2. The van der Waals surface area contributed by atoms with Crippen molar-refractivity contribution in [3.05, 3.63) is 23.2 Å². The average Bonchev–Trinajstić information content (AvgIpc) is 2.66. The zero-order valence-electron chi connectivity index (χ0n) is 11.6. The molecule has 0 radical (unpaired) electrons. The van der Waals surface area contributed by atoms with Crippen molar-refractivity contribution >= 4 is 17.5 Å². The van der Waals surface area contributed by atoms with Gasteiger partial charge in [-0.25, -0.2) is 9.97 Å². The molecule has 0 spiro atoms. The molecule has 0 aliphatic carbocycles. The first kappa shape index (κ1) is 13.8. The van der Waals surface area contributed by atoms with Crippen molar-refractivity contribution in [2.75, 3.05) is 13.6 Å². The zero-order chi connectivity index (χ0) is 14.1. The molecule has 3 heterocycles. The molecule has 1 aromatic rings. The molecule has 1 amide bonds. The van der Waals surface area contributed by atoms with E-state index in [-0.39, 0.29) is 5.91 Å². The number of carbonyl (C=O) groups excluding carboxylic acids is 1. The lowest BCUT2D eigenvalue weighted by atomic mass is 9.91. The second-order valence-corrected chi connectivity index (χ2v) is 6.21. The van der Waals surface area contributed by atoms with Crippen LogP contribution in [0.25, 0.3) is 0 Å². The van der Waals surface area contributed by atoms with Crippen LogP contribution in [0.5, 0.6) is 0 Å². The van der Waals surface area contributed by atoms with Crippen LogP contribution < -0.4 is 5.32 Å². The van der Waals surface area contributed by atoms with Gasteiger partial charge in [-0.05, 0) is 38.6 Å². The molecule has 2 aliphatic rings. The van der Waals surface area contributed by atoms with Gasteiger partial charge in [0.25, 0.3) is 5.91 Å². The molecule has 2 bridgehead atoms. The molecule has 2 saturated heterocycles. The molecule has 2 unspecified atom stereocenters. The van der Waals surface area contributed by atoms with Crippen molar-refractivity contribution in [1.29, 1.82) is 0 Å². The normalized spacial score (nSPS) is 29.4. The molecule has 0 aromatic carbocycles. The number of piperidine rings is 1. The Morgan fingerprint density at radius 1 is 1.35 bits per heavy atom. The molecular weight excluding hydrogens is 276 g/mol. The SMILES string of the molecule is CN1C2CCC1CC(CNC(=O)c1cnc(Cl)cn1)C2. The Balaban J connectivity index is 1.52. The van der Waals surface area contributed by atoms with Crippen molar-refractivity contribution in [3.63, 3.8) is 0 Å². The highest BCUT2D eigenvalue weighted by Gasteiger charge is 2.38. The van der Waals surface area contributed by atoms with Gasteiger partial charge in [0.05, 0.1) is 12.4 Å². The molecule has 6 heteroatoms. The lowest BCUT2D eigenvalue weighted by molar-refractivity contribution is 0.0912. The van der Waals surface area contributed by atoms with Gasteiger partial charge in [-0.3, -0.25) is 4.79 Å². The summed E-state index contributed by atoms with van der Waals surface area (Å²) in [7, 11) is 2.22. The summed E-state index contributed by atoms with van der Waals surface area (Å²) in [5, 5.41) is 3.27. The molecule has 2 atom stereocenters. The van der Waals surface area contributed by atoms with E-state index in [4.69, 9.17) is 11.6 Å². The Morgan fingerprint density at radius 2 is 2.05 bits per heavy atom. The van der Waals surface area contributed by atoms with Crippen molar-refractivity contribution in [1.82, 2.24) is 20.2 Å². The largest absolute Gasteiger partial charge is 0.350 e. The number of carbonyl (C=O) groups is 1. The van der Waals surface area contributed by atoms with Crippen LogP contribution in [0, 0.1) is 5.92 Å². The Labute approximate surface area is 123 Å². The summed E-state index contributed by atoms with van der Waals surface area (Å²) >= 11 is 5.66. The number of halogens is 1. The van der Waals surface area contributed by atoms with E-state index in [0.29, 0.717) is 28.8 Å². The van der Waals surface area contributed by atoms with Gasteiger partial charge in [-0.2, -0.15) is 0 Å². The highest BCUT2D eigenvalue weighted by atomic mass is 35.5. The van der Waals surface area contributed by atoms with E-state index >= 15 is 0 Å². The van der Waals surface area contributed by atoms with E-state index in [1.165, 1.54) is 38.1 Å². The maximum absolute atomic E-state index is 12.0. The van der Waals surface area contributed by atoms with Crippen LogP contribution in [0.15, 0.2) is 12.4 Å². The fourth-order valence-corrected chi connectivity index (χ4v) is 3.55. The van der Waals surface area contributed by atoms with E-state index in [0.717, 1.165) is 6.54 Å². The van der Waals surface area contributed by atoms with Crippen molar-refractivity contribution in [2.45, 2.75) is 37.8 Å². The highest BCUT2D eigenvalue weighted by Crippen LogP contribution is 2.36. The molecule has 2 aliphatic heterocycles. The topological polar surface area (TPSA) is 58.1 Å². The third kappa shape index (κ3) is 2.79. The average molecular weight is 295 g/mol. The second-order valence-electron chi connectivity index (χ2n) is 5.82. The molecular formula is C14H19ClN4O. The minimum absolute atomic E-state index is 0.166. The van der Waals surface area contributed by atoms with Crippen LogP contribution in [0.3, 0.4) is 0 Å². The predicted molar refractivity (Wildman–Crippen MR) is 76.7 cm³/mol. The lowest BCUT2D eigenvalue weighted by Gasteiger charge is -2.36. The smallest absolute Gasteiger partial charge is 0.271 e. The fraction of sp³-hybridized carbons (Fsp3) is 0.643. The number of hydrogen-bond acceptors (Lipinski definition) is 4. The molecule has 2 fully saturated rings. The Kier molecular flexibility index (Phi) is 3.89. The molecule has 3 rings (SSSR count). The summed E-state index contributed by atoms with van der Waals surface area (Å²) in [4.78, 5) is 22.3. The fourth-order valence-electron chi connectivity index (χ4n) is 3.45. The van der Waals surface area contributed by atoms with Crippen molar-refractivity contribution in [3.8, 4) is 0 Å². The van der Waals surface area contributed by atoms with E-state index < -0.39 is 0 Å².